The minimum absolute atomic E-state index is 0.0638. The van der Waals surface area contributed by atoms with Gasteiger partial charge in [-0.15, -0.1) is 0 Å². The van der Waals surface area contributed by atoms with Crippen LogP contribution in [-0.4, -0.2) is 73.4 Å². The van der Waals surface area contributed by atoms with E-state index in [1.54, 1.807) is 6.08 Å². The van der Waals surface area contributed by atoms with Crippen molar-refractivity contribution in [3.63, 3.8) is 0 Å². The van der Waals surface area contributed by atoms with E-state index in [9.17, 15) is 19.4 Å². The fraction of sp³-hybridized carbons (Fsp3) is 0.923. The highest BCUT2D eigenvalue weighted by Crippen LogP contribution is 2.43. The quantitative estimate of drug-likeness (QED) is 0.0243. The Morgan fingerprint density at radius 1 is 0.446 bits per heavy atom. The van der Waals surface area contributed by atoms with Crippen molar-refractivity contribution in [1.82, 2.24) is 5.32 Å². The first-order chi connectivity index (χ1) is 36.0. The van der Waals surface area contributed by atoms with Crippen LogP contribution in [0.1, 0.15) is 335 Å². The Morgan fingerprint density at radius 3 is 1.04 bits per heavy atom. The average molecular weight is 1070 g/mol. The molecule has 0 aliphatic carbocycles. The predicted molar refractivity (Wildman–Crippen MR) is 323 cm³/mol. The maximum atomic E-state index is 13.0. The van der Waals surface area contributed by atoms with Crippen LogP contribution in [0, 0.1) is 0 Å². The molecule has 0 spiro atoms. The first kappa shape index (κ1) is 73.0. The normalized spacial score (nSPS) is 13.9. The Hall–Kier alpha value is -1.02. The van der Waals surface area contributed by atoms with Gasteiger partial charge in [-0.05, 0) is 44.9 Å². The van der Waals surface area contributed by atoms with Crippen molar-refractivity contribution < 1.29 is 32.9 Å². The average Bonchev–Trinajstić information content (AvgIpc) is 3.36. The van der Waals surface area contributed by atoms with Crippen LogP contribution in [0.5, 0.6) is 0 Å². The fourth-order valence-corrected chi connectivity index (χ4v) is 10.8. The molecule has 3 N–H and O–H groups in total. The second-order valence-corrected chi connectivity index (χ2v) is 25.3. The molecule has 0 fully saturated rings. The Kier molecular flexibility index (Phi) is 55.9. The van der Waals surface area contributed by atoms with E-state index in [0.717, 1.165) is 32.1 Å². The maximum absolute atomic E-state index is 13.0. The molecule has 9 heteroatoms. The predicted octanol–water partition coefficient (Wildman–Crippen LogP) is 20.3. The third-order valence-corrected chi connectivity index (χ3v) is 16.1. The summed E-state index contributed by atoms with van der Waals surface area (Å²) in [6, 6.07) is -0.846. The Balaban J connectivity index is 4.10. The number of hydrogen-bond donors (Lipinski definition) is 3. The zero-order valence-electron chi connectivity index (χ0n) is 50.4. The number of carbonyl (C=O) groups is 1. The van der Waals surface area contributed by atoms with Crippen LogP contribution in [0.25, 0.3) is 0 Å². The van der Waals surface area contributed by atoms with E-state index in [0.29, 0.717) is 17.4 Å². The lowest BCUT2D eigenvalue weighted by molar-refractivity contribution is -0.870. The Labute approximate surface area is 462 Å². The van der Waals surface area contributed by atoms with Crippen molar-refractivity contribution in [1.29, 1.82) is 0 Å². The van der Waals surface area contributed by atoms with Crippen LogP contribution in [0.2, 0.25) is 0 Å². The zero-order valence-corrected chi connectivity index (χ0v) is 51.3. The van der Waals surface area contributed by atoms with E-state index in [4.69, 9.17) is 9.05 Å². The molecule has 1 amide bonds. The van der Waals surface area contributed by atoms with E-state index >= 15 is 0 Å². The van der Waals surface area contributed by atoms with E-state index < -0.39 is 20.0 Å². The smallest absolute Gasteiger partial charge is 0.387 e. The summed E-state index contributed by atoms with van der Waals surface area (Å²) in [6.07, 6.45) is 73.0. The topological polar surface area (TPSA) is 105 Å². The molecule has 0 aliphatic heterocycles. The molecule has 0 aliphatic rings. The number of phosphoric acid groups is 1. The number of aliphatic hydroxyl groups excluding tert-OH is 1. The van der Waals surface area contributed by atoms with Crippen LogP contribution in [0.3, 0.4) is 0 Å². The van der Waals surface area contributed by atoms with Crippen molar-refractivity contribution >= 4 is 13.7 Å². The summed E-state index contributed by atoms with van der Waals surface area (Å²) in [5.74, 6) is -0.171. The maximum Gasteiger partial charge on any atom is 0.472 e. The number of carbonyl (C=O) groups excluding carboxylic acids is 1. The molecule has 0 aromatic carbocycles. The number of unbranched alkanes of at least 4 members (excludes halogenated alkanes) is 46. The number of nitrogens with one attached hydrogen (secondary N) is 1. The van der Waals surface area contributed by atoms with Crippen LogP contribution < -0.4 is 5.32 Å². The van der Waals surface area contributed by atoms with Crippen LogP contribution >= 0.6 is 7.82 Å². The number of quaternary nitrogens is 1. The number of allylic oxidation sites excluding steroid dienone is 3. The van der Waals surface area contributed by atoms with Crippen LogP contribution in [-0.2, 0) is 18.4 Å². The molecule has 74 heavy (non-hydrogen) atoms. The number of nitrogens with zero attached hydrogens (tertiary/aromatic N) is 1. The molecular weight excluding hydrogens is 936 g/mol. The van der Waals surface area contributed by atoms with E-state index in [1.807, 2.05) is 27.2 Å². The number of amides is 1. The highest BCUT2D eigenvalue weighted by atomic mass is 31.2. The van der Waals surface area contributed by atoms with Gasteiger partial charge in [-0.1, -0.05) is 308 Å². The molecular formula is C65H130N2O6P+. The molecule has 0 saturated carbocycles. The lowest BCUT2D eigenvalue weighted by atomic mass is 10.0. The van der Waals surface area contributed by atoms with Gasteiger partial charge in [0.1, 0.15) is 13.2 Å². The summed E-state index contributed by atoms with van der Waals surface area (Å²) < 4.78 is 23.8. The third kappa shape index (κ3) is 58.7. The standard InChI is InChI=1S/C65H129N2O6P/c1-6-8-10-12-14-16-18-20-22-24-26-28-30-32-33-35-36-38-40-42-44-46-48-50-52-54-56-58-64(68)63(62-73-74(70,71)72-61-60-67(3,4)5)66-65(69)59-57-55-53-51-49-47-45-43-41-39-37-34-31-29-27-25-23-21-19-17-15-13-11-9-7-2/h25,27,56,58,63-64,68H,6-24,26,28-55,57,59-62H2,1-5H3,(H-,66,69,70,71)/p+1/b27-25-,58-56+. The summed E-state index contributed by atoms with van der Waals surface area (Å²) in [4.78, 5) is 23.4. The lowest BCUT2D eigenvalue weighted by Crippen LogP contribution is -2.45. The minimum Gasteiger partial charge on any atom is -0.387 e. The molecule has 0 radical (unpaired) electrons. The third-order valence-electron chi connectivity index (χ3n) is 15.2. The van der Waals surface area contributed by atoms with Crippen molar-refractivity contribution in [2.24, 2.45) is 0 Å². The van der Waals surface area contributed by atoms with Gasteiger partial charge in [0.25, 0.3) is 0 Å². The molecule has 0 aromatic rings. The summed E-state index contributed by atoms with van der Waals surface area (Å²) >= 11 is 0. The monoisotopic (exact) mass is 1070 g/mol. The van der Waals surface area contributed by atoms with Crippen LogP contribution in [0.4, 0.5) is 0 Å². The van der Waals surface area contributed by atoms with Crippen molar-refractivity contribution in [2.45, 2.75) is 347 Å². The zero-order chi connectivity index (χ0) is 54.2. The molecule has 0 bridgehead atoms. The first-order valence-corrected chi connectivity index (χ1v) is 34.2. The van der Waals surface area contributed by atoms with Gasteiger partial charge in [0.2, 0.25) is 5.91 Å². The van der Waals surface area contributed by atoms with Gasteiger partial charge in [-0.2, -0.15) is 0 Å². The molecule has 0 saturated heterocycles. The first-order valence-electron chi connectivity index (χ1n) is 32.7. The molecule has 0 aromatic heterocycles. The molecule has 8 nitrogen and oxygen atoms in total. The second kappa shape index (κ2) is 56.7. The summed E-state index contributed by atoms with van der Waals surface area (Å²) in [5.41, 5.74) is 0. The van der Waals surface area contributed by atoms with Crippen molar-refractivity contribution in [3.05, 3.63) is 24.3 Å². The van der Waals surface area contributed by atoms with E-state index in [2.05, 4.69) is 31.3 Å². The summed E-state index contributed by atoms with van der Waals surface area (Å²) in [7, 11) is 1.59. The summed E-state index contributed by atoms with van der Waals surface area (Å²) in [6.45, 7) is 4.87. The van der Waals surface area contributed by atoms with E-state index in [1.165, 1.54) is 283 Å². The van der Waals surface area contributed by atoms with Crippen LogP contribution in [0.15, 0.2) is 24.3 Å². The number of rotatable bonds is 61. The number of phosphoric ester groups is 1. The van der Waals surface area contributed by atoms with Gasteiger partial charge >= 0.3 is 7.82 Å². The van der Waals surface area contributed by atoms with Gasteiger partial charge in [-0.3, -0.25) is 13.8 Å². The van der Waals surface area contributed by atoms with Crippen molar-refractivity contribution in [3.8, 4) is 0 Å². The molecule has 3 atom stereocenters. The molecule has 3 unspecified atom stereocenters. The van der Waals surface area contributed by atoms with Gasteiger partial charge in [0, 0.05) is 6.42 Å². The summed E-state index contributed by atoms with van der Waals surface area (Å²) in [5, 5.41) is 14.0. The second-order valence-electron chi connectivity index (χ2n) is 23.8. The molecule has 0 heterocycles. The largest absolute Gasteiger partial charge is 0.472 e. The Bertz CT molecular complexity index is 1260. The van der Waals surface area contributed by atoms with Gasteiger partial charge in [0.05, 0.1) is 39.9 Å². The SMILES string of the molecule is CCCCCCCCCC/C=C\CCCCCCCCCCCCCCCC(=O)NC(COP(=O)(O)OCC[N+](C)(C)C)C(O)/C=C/CCCCCCCCCCCCCCCCCCCCCCCCCCC. The lowest BCUT2D eigenvalue weighted by Gasteiger charge is -2.25. The number of aliphatic hydroxyl groups is 1. The Morgan fingerprint density at radius 2 is 0.730 bits per heavy atom. The molecule has 0 rings (SSSR count). The van der Waals surface area contributed by atoms with Gasteiger partial charge < -0.3 is 19.8 Å². The van der Waals surface area contributed by atoms with E-state index in [-0.39, 0.29) is 19.1 Å². The number of likely N-dealkylation sites (N-methyl/N-ethyl adjacent to an activating group) is 1. The highest BCUT2D eigenvalue weighted by molar-refractivity contribution is 7.47. The minimum atomic E-state index is -4.35. The number of hydrogen-bond acceptors (Lipinski definition) is 5. The van der Waals surface area contributed by atoms with Crippen molar-refractivity contribution in [2.75, 3.05) is 40.9 Å². The van der Waals surface area contributed by atoms with Gasteiger partial charge in [0.15, 0.2) is 0 Å². The fourth-order valence-electron chi connectivity index (χ4n) is 10.0. The molecule has 440 valence electrons. The highest BCUT2D eigenvalue weighted by Gasteiger charge is 2.28. The van der Waals surface area contributed by atoms with Gasteiger partial charge in [-0.25, -0.2) is 4.57 Å².